The van der Waals surface area contributed by atoms with Gasteiger partial charge >= 0.3 is 5.97 Å². The van der Waals surface area contributed by atoms with E-state index in [0.29, 0.717) is 13.0 Å². The quantitative estimate of drug-likeness (QED) is 0.805. The smallest absolute Gasteiger partial charge is 0.328 e. The van der Waals surface area contributed by atoms with Crippen molar-refractivity contribution in [2.24, 2.45) is 0 Å². The highest BCUT2D eigenvalue weighted by Gasteiger charge is 2.35. The Hall–Kier alpha value is -1.91. The lowest BCUT2D eigenvalue weighted by atomic mass is 10.00. The molecule has 0 aromatic heterocycles. The summed E-state index contributed by atoms with van der Waals surface area (Å²) in [5.74, 6) is -1.04. The Kier molecular flexibility index (Phi) is 4.60. The van der Waals surface area contributed by atoms with Gasteiger partial charge in [-0.2, -0.15) is 0 Å². The summed E-state index contributed by atoms with van der Waals surface area (Å²) in [7, 11) is 1.31. The van der Waals surface area contributed by atoms with Gasteiger partial charge < -0.3 is 9.64 Å². The summed E-state index contributed by atoms with van der Waals surface area (Å²) in [6, 6.07) is 3.79. The van der Waals surface area contributed by atoms with E-state index in [-0.39, 0.29) is 17.4 Å². The number of hydrogen-bond acceptors (Lipinski definition) is 3. The van der Waals surface area contributed by atoms with Crippen LogP contribution in [-0.4, -0.2) is 36.5 Å². The number of amides is 1. The van der Waals surface area contributed by atoms with E-state index in [1.807, 2.05) is 13.8 Å². The topological polar surface area (TPSA) is 46.6 Å². The van der Waals surface area contributed by atoms with Crippen LogP contribution in [0.3, 0.4) is 0 Å². The lowest BCUT2D eigenvalue weighted by Crippen LogP contribution is -2.41. The van der Waals surface area contributed by atoms with Gasteiger partial charge in [0.05, 0.1) is 7.11 Å². The molecule has 0 spiro atoms. The molecule has 1 atom stereocenters. The minimum Gasteiger partial charge on any atom is -0.467 e. The van der Waals surface area contributed by atoms with Crippen LogP contribution in [0.15, 0.2) is 18.2 Å². The number of rotatable bonds is 3. The number of carbonyl (C=O) groups is 2. The summed E-state index contributed by atoms with van der Waals surface area (Å²) in [4.78, 5) is 25.7. The van der Waals surface area contributed by atoms with E-state index in [9.17, 15) is 14.0 Å². The second-order valence-corrected chi connectivity index (χ2v) is 5.61. The van der Waals surface area contributed by atoms with Gasteiger partial charge in [-0.1, -0.05) is 13.8 Å². The van der Waals surface area contributed by atoms with Gasteiger partial charge in [0.15, 0.2) is 0 Å². The van der Waals surface area contributed by atoms with E-state index >= 15 is 0 Å². The zero-order chi connectivity index (χ0) is 15.6. The fourth-order valence-corrected chi connectivity index (χ4v) is 2.63. The molecule has 1 fully saturated rings. The van der Waals surface area contributed by atoms with E-state index < -0.39 is 17.8 Å². The first kappa shape index (κ1) is 15.5. The highest BCUT2D eigenvalue weighted by atomic mass is 19.1. The van der Waals surface area contributed by atoms with Crippen molar-refractivity contribution >= 4 is 11.9 Å². The third kappa shape index (κ3) is 3.23. The average molecular weight is 293 g/mol. The summed E-state index contributed by atoms with van der Waals surface area (Å²) < 4.78 is 18.4. The molecular formula is C16H20FNO3. The van der Waals surface area contributed by atoms with Crippen molar-refractivity contribution in [3.63, 3.8) is 0 Å². The van der Waals surface area contributed by atoms with Gasteiger partial charge in [-0.05, 0) is 42.5 Å². The minimum absolute atomic E-state index is 0.127. The summed E-state index contributed by atoms with van der Waals surface area (Å²) in [5, 5.41) is 0. The van der Waals surface area contributed by atoms with Gasteiger partial charge in [0, 0.05) is 12.1 Å². The number of benzene rings is 1. The number of likely N-dealkylation sites (tertiary alicyclic amines) is 1. The van der Waals surface area contributed by atoms with Crippen LogP contribution < -0.4 is 0 Å². The predicted molar refractivity (Wildman–Crippen MR) is 76.6 cm³/mol. The molecule has 2 rings (SSSR count). The van der Waals surface area contributed by atoms with Crippen molar-refractivity contribution in [3.8, 4) is 0 Å². The van der Waals surface area contributed by atoms with Crippen LogP contribution in [0.25, 0.3) is 0 Å². The Morgan fingerprint density at radius 3 is 2.67 bits per heavy atom. The minimum atomic E-state index is -0.562. The van der Waals surface area contributed by atoms with Gasteiger partial charge in [-0.3, -0.25) is 4.79 Å². The molecule has 21 heavy (non-hydrogen) atoms. The molecule has 5 heteroatoms. The zero-order valence-corrected chi connectivity index (χ0v) is 12.6. The summed E-state index contributed by atoms with van der Waals surface area (Å²) >= 11 is 0. The molecule has 0 aliphatic carbocycles. The van der Waals surface area contributed by atoms with Gasteiger partial charge in [0.25, 0.3) is 5.91 Å². The zero-order valence-electron chi connectivity index (χ0n) is 12.6. The fourth-order valence-electron chi connectivity index (χ4n) is 2.63. The first-order valence-corrected chi connectivity index (χ1v) is 7.13. The van der Waals surface area contributed by atoms with E-state index in [2.05, 4.69) is 0 Å². The maximum atomic E-state index is 13.7. The Balaban J connectivity index is 2.29. The normalized spacial score (nSPS) is 18.1. The highest BCUT2D eigenvalue weighted by molar-refractivity contribution is 5.97. The fraction of sp³-hybridized carbons (Fsp3) is 0.500. The van der Waals surface area contributed by atoms with E-state index in [4.69, 9.17) is 4.74 Å². The van der Waals surface area contributed by atoms with Crippen LogP contribution in [0.4, 0.5) is 4.39 Å². The maximum Gasteiger partial charge on any atom is 0.328 e. The molecule has 1 aromatic carbocycles. The molecular weight excluding hydrogens is 273 g/mol. The maximum absolute atomic E-state index is 13.7. The summed E-state index contributed by atoms with van der Waals surface area (Å²) in [6.45, 7) is 4.37. The van der Waals surface area contributed by atoms with Crippen molar-refractivity contribution in [2.45, 2.75) is 38.6 Å². The van der Waals surface area contributed by atoms with Crippen molar-refractivity contribution in [1.29, 1.82) is 0 Å². The van der Waals surface area contributed by atoms with Gasteiger partial charge in [0.1, 0.15) is 11.9 Å². The molecule has 1 aliphatic rings. The first-order chi connectivity index (χ1) is 9.93. The second kappa shape index (κ2) is 6.24. The van der Waals surface area contributed by atoms with Gasteiger partial charge in [0.2, 0.25) is 0 Å². The Morgan fingerprint density at radius 1 is 1.33 bits per heavy atom. The van der Waals surface area contributed by atoms with Crippen LogP contribution in [-0.2, 0) is 9.53 Å². The Morgan fingerprint density at radius 2 is 2.05 bits per heavy atom. The molecule has 0 N–H and O–H groups in total. The second-order valence-electron chi connectivity index (χ2n) is 5.61. The van der Waals surface area contributed by atoms with Crippen LogP contribution in [0.5, 0.6) is 0 Å². The predicted octanol–water partition coefficient (Wildman–Crippen LogP) is 2.73. The number of esters is 1. The molecule has 0 radical (unpaired) electrons. The van der Waals surface area contributed by atoms with Gasteiger partial charge in [-0.15, -0.1) is 0 Å². The lowest BCUT2D eigenvalue weighted by molar-refractivity contribution is -0.145. The SMILES string of the molecule is COC(=O)C1CCCN1C(=O)c1cc(F)cc(C(C)C)c1. The van der Waals surface area contributed by atoms with E-state index in [1.165, 1.54) is 24.1 Å². The summed E-state index contributed by atoms with van der Waals surface area (Å²) in [5.41, 5.74) is 1.06. The molecule has 0 bridgehead atoms. The third-order valence-electron chi connectivity index (χ3n) is 3.82. The molecule has 1 heterocycles. The molecule has 0 saturated carbocycles. The van der Waals surface area contributed by atoms with Crippen LogP contribution >= 0.6 is 0 Å². The number of hydrogen-bond donors (Lipinski definition) is 0. The largest absolute Gasteiger partial charge is 0.467 e. The molecule has 1 aliphatic heterocycles. The van der Waals surface area contributed by atoms with E-state index in [1.54, 1.807) is 6.07 Å². The standard InChI is InChI=1S/C16H20FNO3/c1-10(2)11-7-12(9-13(17)8-11)15(19)18-6-4-5-14(18)16(20)21-3/h7-10,14H,4-6H2,1-3H3. The first-order valence-electron chi connectivity index (χ1n) is 7.13. The van der Waals surface area contributed by atoms with Crippen LogP contribution in [0.1, 0.15) is 48.5 Å². The molecule has 4 nitrogen and oxygen atoms in total. The lowest BCUT2D eigenvalue weighted by Gasteiger charge is -2.23. The highest BCUT2D eigenvalue weighted by Crippen LogP contribution is 2.24. The monoisotopic (exact) mass is 293 g/mol. The summed E-state index contributed by atoms with van der Waals surface area (Å²) in [6.07, 6.45) is 1.34. The number of ether oxygens (including phenoxy) is 1. The van der Waals surface area contributed by atoms with Gasteiger partial charge in [-0.25, -0.2) is 9.18 Å². The van der Waals surface area contributed by atoms with Crippen molar-refractivity contribution in [2.75, 3.05) is 13.7 Å². The number of halogens is 1. The van der Waals surface area contributed by atoms with Crippen LogP contribution in [0, 0.1) is 5.82 Å². The molecule has 1 unspecified atom stereocenters. The Labute approximate surface area is 123 Å². The average Bonchev–Trinajstić information content (AvgIpc) is 2.94. The van der Waals surface area contributed by atoms with Crippen molar-refractivity contribution < 1.29 is 18.7 Å². The number of methoxy groups -OCH3 is 1. The Bertz CT molecular complexity index is 556. The van der Waals surface area contributed by atoms with Crippen molar-refractivity contribution in [3.05, 3.63) is 35.1 Å². The van der Waals surface area contributed by atoms with Crippen LogP contribution in [0.2, 0.25) is 0 Å². The van der Waals surface area contributed by atoms with Crippen molar-refractivity contribution in [1.82, 2.24) is 4.90 Å². The molecule has 1 saturated heterocycles. The van der Waals surface area contributed by atoms with E-state index in [0.717, 1.165) is 12.0 Å². The molecule has 114 valence electrons. The number of nitrogens with zero attached hydrogens (tertiary/aromatic N) is 1. The third-order valence-corrected chi connectivity index (χ3v) is 3.82. The molecule has 1 amide bonds. The molecule has 1 aromatic rings. The number of carbonyl (C=O) groups excluding carboxylic acids is 2.